The second kappa shape index (κ2) is 6.91. The van der Waals surface area contributed by atoms with E-state index in [1.165, 1.54) is 0 Å². The summed E-state index contributed by atoms with van der Waals surface area (Å²) in [6.45, 7) is 2.85. The molecule has 1 aromatic carbocycles. The van der Waals surface area contributed by atoms with Crippen molar-refractivity contribution in [2.75, 3.05) is 13.2 Å². The summed E-state index contributed by atoms with van der Waals surface area (Å²) in [7, 11) is 0. The number of nitrogens with zero attached hydrogens (tertiary/aromatic N) is 1. The molecule has 2 rings (SSSR count). The van der Waals surface area contributed by atoms with Crippen LogP contribution in [0.2, 0.25) is 5.02 Å². The second-order valence-corrected chi connectivity index (χ2v) is 5.79. The fourth-order valence-electron chi connectivity index (χ4n) is 2.48. The standard InChI is InChI=1S/C16H20ClNO2/c1-12-2-3-14(11-19)10-18(12)16(20)9-6-13-4-7-15(17)8-5-13/h4-9,12,14,19H,2-3,10-11H2,1H3/b9-6+. The van der Waals surface area contributed by atoms with Gasteiger partial charge in [-0.3, -0.25) is 4.79 Å². The highest BCUT2D eigenvalue weighted by atomic mass is 35.5. The van der Waals surface area contributed by atoms with Gasteiger partial charge >= 0.3 is 0 Å². The number of piperidine rings is 1. The fourth-order valence-corrected chi connectivity index (χ4v) is 2.60. The quantitative estimate of drug-likeness (QED) is 0.871. The van der Waals surface area contributed by atoms with Crippen LogP contribution in [-0.2, 0) is 4.79 Å². The molecule has 2 unspecified atom stereocenters. The maximum absolute atomic E-state index is 12.2. The van der Waals surface area contributed by atoms with Gasteiger partial charge in [0.15, 0.2) is 0 Å². The molecule has 1 aliphatic heterocycles. The van der Waals surface area contributed by atoms with E-state index in [4.69, 9.17) is 11.6 Å². The molecule has 1 aliphatic rings. The molecule has 1 heterocycles. The van der Waals surface area contributed by atoms with Crippen molar-refractivity contribution in [1.82, 2.24) is 4.90 Å². The second-order valence-electron chi connectivity index (χ2n) is 5.35. The first-order valence-electron chi connectivity index (χ1n) is 6.95. The highest BCUT2D eigenvalue weighted by molar-refractivity contribution is 6.30. The average Bonchev–Trinajstić information content (AvgIpc) is 2.47. The van der Waals surface area contributed by atoms with E-state index in [2.05, 4.69) is 6.92 Å². The Balaban J connectivity index is 2.01. The Labute approximate surface area is 124 Å². The molecule has 0 radical (unpaired) electrons. The fraction of sp³-hybridized carbons (Fsp3) is 0.438. The predicted octanol–water partition coefficient (Wildman–Crippen LogP) is 2.97. The van der Waals surface area contributed by atoms with E-state index < -0.39 is 0 Å². The van der Waals surface area contributed by atoms with Gasteiger partial charge in [0.25, 0.3) is 0 Å². The molecule has 4 heteroatoms. The molecule has 1 aromatic rings. The van der Waals surface area contributed by atoms with Gasteiger partial charge in [-0.25, -0.2) is 0 Å². The van der Waals surface area contributed by atoms with Gasteiger partial charge in [-0.2, -0.15) is 0 Å². The van der Waals surface area contributed by atoms with E-state index in [-0.39, 0.29) is 24.5 Å². The number of aliphatic hydroxyl groups is 1. The minimum Gasteiger partial charge on any atom is -0.396 e. The summed E-state index contributed by atoms with van der Waals surface area (Å²) < 4.78 is 0. The minimum absolute atomic E-state index is 0.00519. The Hall–Kier alpha value is -1.32. The summed E-state index contributed by atoms with van der Waals surface area (Å²) >= 11 is 5.82. The molecule has 0 spiro atoms. The Morgan fingerprint density at radius 3 is 2.75 bits per heavy atom. The monoisotopic (exact) mass is 293 g/mol. The summed E-state index contributed by atoms with van der Waals surface area (Å²) in [6, 6.07) is 7.60. The maximum Gasteiger partial charge on any atom is 0.246 e. The van der Waals surface area contributed by atoms with Gasteiger partial charge < -0.3 is 10.0 Å². The van der Waals surface area contributed by atoms with Crippen LogP contribution in [0.15, 0.2) is 30.3 Å². The lowest BCUT2D eigenvalue weighted by atomic mass is 9.94. The van der Waals surface area contributed by atoms with Crippen LogP contribution in [0.4, 0.5) is 0 Å². The zero-order valence-electron chi connectivity index (χ0n) is 11.6. The molecule has 1 N–H and O–H groups in total. The average molecular weight is 294 g/mol. The van der Waals surface area contributed by atoms with Crippen LogP contribution in [0.1, 0.15) is 25.3 Å². The number of benzene rings is 1. The lowest BCUT2D eigenvalue weighted by Gasteiger charge is -2.36. The highest BCUT2D eigenvalue weighted by Crippen LogP contribution is 2.22. The SMILES string of the molecule is CC1CCC(CO)CN1C(=O)/C=C/c1ccc(Cl)cc1. The Kier molecular flexibility index (Phi) is 5.21. The van der Waals surface area contributed by atoms with Crippen LogP contribution in [0.3, 0.4) is 0 Å². The highest BCUT2D eigenvalue weighted by Gasteiger charge is 2.27. The number of carbonyl (C=O) groups is 1. The van der Waals surface area contributed by atoms with Crippen LogP contribution in [0, 0.1) is 5.92 Å². The molecule has 20 heavy (non-hydrogen) atoms. The lowest BCUT2D eigenvalue weighted by Crippen LogP contribution is -2.45. The lowest BCUT2D eigenvalue weighted by molar-refractivity contribution is -0.130. The number of hydrogen-bond donors (Lipinski definition) is 1. The van der Waals surface area contributed by atoms with Gasteiger partial charge in [0.1, 0.15) is 0 Å². The molecule has 0 aliphatic carbocycles. The third kappa shape index (κ3) is 3.84. The predicted molar refractivity (Wildman–Crippen MR) is 81.5 cm³/mol. The van der Waals surface area contributed by atoms with Crippen molar-refractivity contribution < 1.29 is 9.90 Å². The minimum atomic E-state index is 0.00519. The largest absolute Gasteiger partial charge is 0.396 e. The number of rotatable bonds is 3. The van der Waals surface area contributed by atoms with Gasteiger partial charge in [0, 0.05) is 30.3 Å². The third-order valence-corrected chi connectivity index (χ3v) is 4.06. The number of likely N-dealkylation sites (tertiary alicyclic amines) is 1. The molecular weight excluding hydrogens is 274 g/mol. The van der Waals surface area contributed by atoms with Gasteiger partial charge in [-0.15, -0.1) is 0 Å². The summed E-state index contributed by atoms with van der Waals surface area (Å²) in [6.07, 6.45) is 5.33. The maximum atomic E-state index is 12.2. The molecule has 1 saturated heterocycles. The van der Waals surface area contributed by atoms with Crippen molar-refractivity contribution in [1.29, 1.82) is 0 Å². The van der Waals surface area contributed by atoms with Crippen molar-refractivity contribution in [2.24, 2.45) is 5.92 Å². The zero-order valence-corrected chi connectivity index (χ0v) is 12.4. The zero-order chi connectivity index (χ0) is 14.5. The molecule has 1 amide bonds. The van der Waals surface area contributed by atoms with E-state index in [1.807, 2.05) is 17.0 Å². The summed E-state index contributed by atoms with van der Waals surface area (Å²) in [5, 5.41) is 9.93. The summed E-state index contributed by atoms with van der Waals surface area (Å²) in [5.41, 5.74) is 0.950. The number of carbonyl (C=O) groups excluding carboxylic acids is 1. The molecule has 1 fully saturated rings. The number of halogens is 1. The first kappa shape index (κ1) is 15.1. The van der Waals surface area contributed by atoms with E-state index in [0.717, 1.165) is 18.4 Å². The normalized spacial score (nSPS) is 23.2. The van der Waals surface area contributed by atoms with E-state index in [1.54, 1.807) is 24.3 Å². The topological polar surface area (TPSA) is 40.5 Å². The van der Waals surface area contributed by atoms with E-state index in [9.17, 15) is 9.90 Å². The van der Waals surface area contributed by atoms with E-state index in [0.29, 0.717) is 11.6 Å². The first-order valence-corrected chi connectivity index (χ1v) is 7.33. The molecule has 0 saturated carbocycles. The van der Waals surface area contributed by atoms with Crippen molar-refractivity contribution in [3.8, 4) is 0 Å². The van der Waals surface area contributed by atoms with Crippen LogP contribution in [0.25, 0.3) is 6.08 Å². The molecule has 0 aromatic heterocycles. The molecule has 108 valence electrons. The third-order valence-electron chi connectivity index (χ3n) is 3.81. The smallest absolute Gasteiger partial charge is 0.246 e. The number of hydrogen-bond acceptors (Lipinski definition) is 2. The molecule has 3 nitrogen and oxygen atoms in total. The Morgan fingerprint density at radius 2 is 2.10 bits per heavy atom. The van der Waals surface area contributed by atoms with Crippen molar-refractivity contribution in [3.63, 3.8) is 0 Å². The van der Waals surface area contributed by atoms with Gasteiger partial charge in [0.2, 0.25) is 5.91 Å². The molecule has 2 atom stereocenters. The van der Waals surface area contributed by atoms with Crippen molar-refractivity contribution in [2.45, 2.75) is 25.8 Å². The van der Waals surface area contributed by atoms with Crippen LogP contribution in [-0.4, -0.2) is 35.1 Å². The number of aliphatic hydroxyl groups excluding tert-OH is 1. The van der Waals surface area contributed by atoms with Crippen molar-refractivity contribution >= 4 is 23.6 Å². The van der Waals surface area contributed by atoms with Crippen molar-refractivity contribution in [3.05, 3.63) is 40.9 Å². The Bertz CT molecular complexity index is 484. The molecular formula is C16H20ClNO2. The summed E-state index contributed by atoms with van der Waals surface area (Å²) in [5.74, 6) is 0.213. The van der Waals surface area contributed by atoms with E-state index >= 15 is 0 Å². The van der Waals surface area contributed by atoms with Crippen LogP contribution < -0.4 is 0 Å². The number of amides is 1. The first-order chi connectivity index (χ1) is 9.60. The van der Waals surface area contributed by atoms with Gasteiger partial charge in [0.05, 0.1) is 0 Å². The van der Waals surface area contributed by atoms with Crippen LogP contribution in [0.5, 0.6) is 0 Å². The van der Waals surface area contributed by atoms with Gasteiger partial charge in [-0.05, 0) is 49.5 Å². The Morgan fingerprint density at radius 1 is 1.40 bits per heavy atom. The summed E-state index contributed by atoms with van der Waals surface area (Å²) in [4.78, 5) is 14.1. The van der Waals surface area contributed by atoms with Gasteiger partial charge in [-0.1, -0.05) is 23.7 Å². The molecule has 0 bridgehead atoms. The van der Waals surface area contributed by atoms with Crippen LogP contribution >= 0.6 is 11.6 Å².